The molecule has 2 N–H and O–H groups in total. The van der Waals surface area contributed by atoms with Crippen LogP contribution in [0.5, 0.6) is 0 Å². The Morgan fingerprint density at radius 2 is 2.20 bits per heavy atom. The second kappa shape index (κ2) is 6.17. The van der Waals surface area contributed by atoms with Crippen molar-refractivity contribution in [3.05, 3.63) is 29.3 Å². The van der Waals surface area contributed by atoms with Gasteiger partial charge in [-0.1, -0.05) is 0 Å². The minimum atomic E-state index is -0.951. The fourth-order valence-electron chi connectivity index (χ4n) is 1.98. The smallest absolute Gasteiger partial charge is 0.251 e. The zero-order chi connectivity index (χ0) is 14.7. The Balaban J connectivity index is 2.04. The lowest BCUT2D eigenvalue weighted by molar-refractivity contribution is -0.116. The van der Waals surface area contributed by atoms with E-state index in [4.69, 9.17) is 0 Å². The predicted octanol–water partition coefficient (Wildman–Crippen LogP) is 1.07. The Hall–Kier alpha value is -1.69. The van der Waals surface area contributed by atoms with Gasteiger partial charge >= 0.3 is 0 Å². The number of rotatable bonds is 4. The monoisotopic (exact) mass is 294 g/mol. The fourth-order valence-corrected chi connectivity index (χ4v) is 2.30. The van der Waals surface area contributed by atoms with Crippen molar-refractivity contribution in [2.45, 2.75) is 25.0 Å². The Morgan fingerprint density at radius 3 is 2.90 bits per heavy atom. The van der Waals surface area contributed by atoms with E-state index < -0.39 is 10.8 Å². The van der Waals surface area contributed by atoms with E-state index >= 15 is 0 Å². The molecule has 2 amide bonds. The van der Waals surface area contributed by atoms with Crippen LogP contribution in [0, 0.1) is 0 Å². The van der Waals surface area contributed by atoms with E-state index in [9.17, 15) is 13.8 Å². The zero-order valence-electron chi connectivity index (χ0n) is 11.6. The number of anilines is 1. The van der Waals surface area contributed by atoms with Crippen molar-refractivity contribution in [1.29, 1.82) is 0 Å². The molecule has 0 saturated heterocycles. The van der Waals surface area contributed by atoms with E-state index in [1.54, 1.807) is 24.5 Å². The quantitative estimate of drug-likeness (QED) is 0.872. The molecule has 108 valence electrons. The lowest BCUT2D eigenvalue weighted by Crippen LogP contribution is -2.32. The molecule has 0 radical (unpaired) electrons. The van der Waals surface area contributed by atoms with E-state index in [1.165, 1.54) is 0 Å². The van der Waals surface area contributed by atoms with Crippen LogP contribution in [0.2, 0.25) is 0 Å². The average molecular weight is 294 g/mol. The summed E-state index contributed by atoms with van der Waals surface area (Å²) in [6.45, 7) is 2.22. The number of amides is 2. The molecule has 1 aliphatic heterocycles. The fraction of sp³-hybridized carbons (Fsp3) is 0.429. The summed E-state index contributed by atoms with van der Waals surface area (Å²) in [4.78, 5) is 23.3. The molecule has 0 saturated carbocycles. The van der Waals surface area contributed by atoms with Crippen LogP contribution in [-0.2, 0) is 22.0 Å². The van der Waals surface area contributed by atoms with Gasteiger partial charge in [0.15, 0.2) is 0 Å². The molecular weight excluding hydrogens is 276 g/mol. The maximum atomic E-state index is 12.0. The predicted molar refractivity (Wildman–Crippen MR) is 79.3 cm³/mol. The summed E-state index contributed by atoms with van der Waals surface area (Å²) in [5, 5.41) is 5.48. The molecule has 0 aromatic heterocycles. The number of aryl methyl sites for hydroxylation is 1. The molecule has 1 heterocycles. The summed E-state index contributed by atoms with van der Waals surface area (Å²) >= 11 is 0. The number of hydrogen-bond donors (Lipinski definition) is 2. The third kappa shape index (κ3) is 3.45. The molecule has 1 aromatic rings. The highest BCUT2D eigenvalue weighted by Gasteiger charge is 2.17. The highest BCUT2D eigenvalue weighted by Crippen LogP contribution is 2.23. The van der Waals surface area contributed by atoms with Crippen molar-refractivity contribution in [2.75, 3.05) is 18.1 Å². The van der Waals surface area contributed by atoms with E-state index in [-0.39, 0.29) is 17.1 Å². The number of fused-ring (bicyclic) bond motifs is 1. The van der Waals surface area contributed by atoms with Gasteiger partial charge in [-0.25, -0.2) is 0 Å². The molecular formula is C14H18N2O3S. The summed E-state index contributed by atoms with van der Waals surface area (Å²) in [7, 11) is -0.951. The van der Waals surface area contributed by atoms with Gasteiger partial charge in [0.25, 0.3) is 5.91 Å². The molecule has 0 spiro atoms. The average Bonchev–Trinajstić information content (AvgIpc) is 2.43. The topological polar surface area (TPSA) is 75.3 Å². The van der Waals surface area contributed by atoms with Gasteiger partial charge in [-0.2, -0.15) is 0 Å². The molecule has 20 heavy (non-hydrogen) atoms. The molecule has 2 unspecified atom stereocenters. The first kappa shape index (κ1) is 14.7. The standard InChI is InChI=1S/C14H18N2O3S/c1-9(20(2)19)8-15-14(18)11-3-5-12-10(7-11)4-6-13(17)16-12/h3,5,7,9H,4,6,8H2,1-2H3,(H,15,18)(H,16,17). The van der Waals surface area contributed by atoms with Crippen molar-refractivity contribution >= 4 is 28.3 Å². The van der Waals surface area contributed by atoms with Crippen LogP contribution in [0.3, 0.4) is 0 Å². The van der Waals surface area contributed by atoms with Crippen LogP contribution in [0.15, 0.2) is 18.2 Å². The first-order chi connectivity index (χ1) is 9.47. The van der Waals surface area contributed by atoms with Crippen molar-refractivity contribution in [1.82, 2.24) is 5.32 Å². The van der Waals surface area contributed by atoms with Gasteiger partial charge in [-0.15, -0.1) is 0 Å². The number of hydrogen-bond acceptors (Lipinski definition) is 3. The lowest BCUT2D eigenvalue weighted by atomic mass is 10.00. The Morgan fingerprint density at radius 1 is 1.45 bits per heavy atom. The second-order valence-corrected chi connectivity index (χ2v) is 6.74. The highest BCUT2D eigenvalue weighted by atomic mass is 32.2. The molecule has 6 heteroatoms. The molecule has 0 aliphatic carbocycles. The molecule has 1 aromatic carbocycles. The van der Waals surface area contributed by atoms with Crippen LogP contribution < -0.4 is 10.6 Å². The summed E-state index contributed by atoms with van der Waals surface area (Å²) in [5.74, 6) is -0.170. The maximum Gasteiger partial charge on any atom is 0.251 e. The summed E-state index contributed by atoms with van der Waals surface area (Å²) in [6, 6.07) is 5.24. The first-order valence-corrected chi connectivity index (χ1v) is 8.12. The second-order valence-electron chi connectivity index (χ2n) is 4.94. The maximum absolute atomic E-state index is 12.0. The first-order valence-electron chi connectivity index (χ1n) is 6.50. The van der Waals surface area contributed by atoms with Gasteiger partial charge in [0.2, 0.25) is 5.91 Å². The van der Waals surface area contributed by atoms with Gasteiger partial charge in [0.1, 0.15) is 0 Å². The molecule has 2 rings (SSSR count). The van der Waals surface area contributed by atoms with E-state index in [0.29, 0.717) is 24.9 Å². The van der Waals surface area contributed by atoms with E-state index in [0.717, 1.165) is 11.3 Å². The lowest BCUT2D eigenvalue weighted by Gasteiger charge is -2.17. The van der Waals surface area contributed by atoms with Gasteiger partial charge in [0.05, 0.1) is 0 Å². The normalized spacial score (nSPS) is 16.8. The number of benzene rings is 1. The van der Waals surface area contributed by atoms with Crippen LogP contribution in [0.25, 0.3) is 0 Å². The molecule has 0 bridgehead atoms. The summed E-state index contributed by atoms with van der Waals surface area (Å²) in [6.07, 6.45) is 2.72. The third-order valence-corrected chi connectivity index (χ3v) is 4.68. The summed E-state index contributed by atoms with van der Waals surface area (Å²) in [5.41, 5.74) is 2.32. The minimum Gasteiger partial charge on any atom is -0.351 e. The van der Waals surface area contributed by atoms with Crippen molar-refractivity contribution in [3.8, 4) is 0 Å². The van der Waals surface area contributed by atoms with Crippen molar-refractivity contribution < 1.29 is 13.8 Å². The number of carbonyl (C=O) groups is 2. The molecule has 5 nitrogen and oxygen atoms in total. The van der Waals surface area contributed by atoms with E-state index in [2.05, 4.69) is 10.6 Å². The Labute approximate surface area is 120 Å². The van der Waals surface area contributed by atoms with Crippen LogP contribution in [0.4, 0.5) is 5.69 Å². The number of nitrogens with one attached hydrogen (secondary N) is 2. The SMILES string of the molecule is CC(CNC(=O)c1ccc2c(c1)CCC(=O)N2)S(C)=O. The molecule has 0 fully saturated rings. The molecule has 1 aliphatic rings. The zero-order valence-corrected chi connectivity index (χ0v) is 12.4. The Kier molecular flexibility index (Phi) is 4.54. The van der Waals surface area contributed by atoms with Gasteiger partial charge in [-0.3, -0.25) is 13.8 Å². The van der Waals surface area contributed by atoms with Crippen LogP contribution in [-0.4, -0.2) is 34.1 Å². The van der Waals surface area contributed by atoms with Crippen molar-refractivity contribution in [2.24, 2.45) is 0 Å². The minimum absolute atomic E-state index is 0.00829. The van der Waals surface area contributed by atoms with Crippen LogP contribution in [0.1, 0.15) is 29.3 Å². The summed E-state index contributed by atoms with van der Waals surface area (Å²) < 4.78 is 11.2. The highest BCUT2D eigenvalue weighted by molar-refractivity contribution is 7.84. The van der Waals surface area contributed by atoms with E-state index in [1.807, 2.05) is 6.92 Å². The van der Waals surface area contributed by atoms with Gasteiger partial charge in [0, 0.05) is 46.5 Å². The van der Waals surface area contributed by atoms with Crippen molar-refractivity contribution in [3.63, 3.8) is 0 Å². The third-order valence-electron chi connectivity index (χ3n) is 3.38. The molecule has 2 atom stereocenters. The van der Waals surface area contributed by atoms with Gasteiger partial charge < -0.3 is 10.6 Å². The number of carbonyl (C=O) groups excluding carboxylic acids is 2. The largest absolute Gasteiger partial charge is 0.351 e. The van der Waals surface area contributed by atoms with Gasteiger partial charge in [-0.05, 0) is 37.1 Å². The Bertz CT molecular complexity index is 572. The van der Waals surface area contributed by atoms with Crippen LogP contribution >= 0.6 is 0 Å².